The highest BCUT2D eigenvalue weighted by Crippen LogP contribution is 2.27. The molecule has 0 fully saturated rings. The molecule has 7 heteroatoms. The smallest absolute Gasteiger partial charge is 0.387 e. The first-order valence-electron chi connectivity index (χ1n) is 3.59. The summed E-state index contributed by atoms with van der Waals surface area (Å²) in [4.78, 5) is 10.6. The fraction of sp³-hybridized carbons (Fsp3) is 0.125. The summed E-state index contributed by atoms with van der Waals surface area (Å²) in [6, 6.07) is 1.20. The van der Waals surface area contributed by atoms with Gasteiger partial charge in [-0.05, 0) is 6.07 Å². The maximum Gasteiger partial charge on any atom is 0.387 e. The summed E-state index contributed by atoms with van der Waals surface area (Å²) < 4.78 is 40.3. The first kappa shape index (κ1) is 11.6. The summed E-state index contributed by atoms with van der Waals surface area (Å²) in [6.07, 6.45) is 0. The van der Waals surface area contributed by atoms with E-state index in [-0.39, 0.29) is 0 Å². The maximum atomic E-state index is 12.8. The Balaban J connectivity index is 3.22. The molecular formula is C8H4ClF3O3. The summed E-state index contributed by atoms with van der Waals surface area (Å²) >= 11 is 5.29. The molecule has 0 amide bonds. The number of carboxylic acids is 1. The third-order valence-electron chi connectivity index (χ3n) is 1.47. The number of carboxylic acid groups (broad SMARTS) is 1. The Kier molecular flexibility index (Phi) is 3.41. The molecule has 1 rings (SSSR count). The Bertz CT molecular complexity index is 395. The number of carbonyl (C=O) groups is 1. The molecule has 0 saturated carbocycles. The van der Waals surface area contributed by atoms with Gasteiger partial charge in [0.1, 0.15) is 17.1 Å². The zero-order chi connectivity index (χ0) is 11.6. The van der Waals surface area contributed by atoms with Crippen molar-refractivity contribution in [1.29, 1.82) is 0 Å². The Morgan fingerprint density at radius 1 is 1.47 bits per heavy atom. The largest absolute Gasteiger partial charge is 0.478 e. The van der Waals surface area contributed by atoms with Crippen molar-refractivity contribution in [2.75, 3.05) is 0 Å². The van der Waals surface area contributed by atoms with E-state index in [0.29, 0.717) is 12.1 Å². The van der Waals surface area contributed by atoms with Crippen LogP contribution in [0.3, 0.4) is 0 Å². The predicted octanol–water partition coefficient (Wildman–Crippen LogP) is 2.78. The lowest BCUT2D eigenvalue weighted by Crippen LogP contribution is -2.08. The Morgan fingerprint density at radius 3 is 2.53 bits per heavy atom. The normalized spacial score (nSPS) is 10.5. The van der Waals surface area contributed by atoms with Gasteiger partial charge in [-0.25, -0.2) is 9.18 Å². The van der Waals surface area contributed by atoms with Crippen LogP contribution in [0.1, 0.15) is 10.4 Å². The molecule has 0 aliphatic rings. The van der Waals surface area contributed by atoms with Crippen molar-refractivity contribution in [2.45, 2.75) is 6.61 Å². The highest BCUT2D eigenvalue weighted by atomic mass is 35.5. The van der Waals surface area contributed by atoms with Crippen LogP contribution in [0.15, 0.2) is 12.1 Å². The number of halogens is 4. The van der Waals surface area contributed by atoms with Gasteiger partial charge in [0, 0.05) is 6.07 Å². The quantitative estimate of drug-likeness (QED) is 0.884. The molecule has 1 aromatic carbocycles. The maximum absolute atomic E-state index is 12.8. The van der Waals surface area contributed by atoms with Crippen LogP contribution < -0.4 is 4.74 Å². The van der Waals surface area contributed by atoms with E-state index in [4.69, 9.17) is 16.7 Å². The first-order valence-corrected chi connectivity index (χ1v) is 3.96. The van der Waals surface area contributed by atoms with Crippen molar-refractivity contribution in [3.63, 3.8) is 0 Å². The standard InChI is InChI=1S/C8H4ClF3O3/c9-4-1-3(7(13)14)6(2-5(4)10)15-8(11)12/h1-2,8H,(H,13,14). The molecule has 0 atom stereocenters. The van der Waals surface area contributed by atoms with Crippen LogP contribution in [0.2, 0.25) is 5.02 Å². The van der Waals surface area contributed by atoms with Crippen LogP contribution >= 0.6 is 11.6 Å². The van der Waals surface area contributed by atoms with Crippen molar-refractivity contribution in [3.8, 4) is 5.75 Å². The van der Waals surface area contributed by atoms with Crippen molar-refractivity contribution in [3.05, 3.63) is 28.5 Å². The van der Waals surface area contributed by atoms with Crippen LogP contribution in [0, 0.1) is 5.82 Å². The lowest BCUT2D eigenvalue weighted by atomic mass is 10.2. The van der Waals surface area contributed by atoms with Gasteiger partial charge in [-0.1, -0.05) is 11.6 Å². The number of rotatable bonds is 3. The van der Waals surface area contributed by atoms with Gasteiger partial charge < -0.3 is 9.84 Å². The van der Waals surface area contributed by atoms with Crippen LogP contribution in [-0.2, 0) is 0 Å². The molecule has 0 spiro atoms. The second-order valence-corrected chi connectivity index (χ2v) is 2.85. The lowest BCUT2D eigenvalue weighted by Gasteiger charge is -2.08. The molecule has 82 valence electrons. The Morgan fingerprint density at radius 2 is 2.07 bits per heavy atom. The number of alkyl halides is 2. The zero-order valence-electron chi connectivity index (χ0n) is 7.01. The molecule has 1 N–H and O–H groups in total. The molecule has 15 heavy (non-hydrogen) atoms. The number of benzene rings is 1. The average Bonchev–Trinajstić information content (AvgIpc) is 2.09. The molecule has 0 unspecified atom stereocenters. The van der Waals surface area contributed by atoms with Gasteiger partial charge >= 0.3 is 12.6 Å². The highest BCUT2D eigenvalue weighted by molar-refractivity contribution is 6.31. The van der Waals surface area contributed by atoms with Crippen molar-refractivity contribution in [2.24, 2.45) is 0 Å². The molecular weight excluding hydrogens is 237 g/mol. The first-order chi connectivity index (χ1) is 6.91. The molecule has 0 aliphatic carbocycles. The second kappa shape index (κ2) is 4.39. The van der Waals surface area contributed by atoms with Crippen LogP contribution in [0.25, 0.3) is 0 Å². The fourth-order valence-electron chi connectivity index (χ4n) is 0.889. The van der Waals surface area contributed by atoms with Crippen LogP contribution in [-0.4, -0.2) is 17.7 Å². The molecule has 1 aromatic rings. The van der Waals surface area contributed by atoms with Crippen molar-refractivity contribution in [1.82, 2.24) is 0 Å². The molecule has 0 bridgehead atoms. The van der Waals surface area contributed by atoms with Gasteiger partial charge in [0.25, 0.3) is 0 Å². The number of aromatic carboxylic acids is 1. The van der Waals surface area contributed by atoms with E-state index in [9.17, 15) is 18.0 Å². The lowest BCUT2D eigenvalue weighted by molar-refractivity contribution is -0.0504. The Labute approximate surface area is 87.0 Å². The van der Waals surface area contributed by atoms with E-state index in [1.807, 2.05) is 0 Å². The summed E-state index contributed by atoms with van der Waals surface area (Å²) in [7, 11) is 0. The van der Waals surface area contributed by atoms with E-state index >= 15 is 0 Å². The predicted molar refractivity (Wildman–Crippen MR) is 45.0 cm³/mol. The van der Waals surface area contributed by atoms with Gasteiger partial charge in [0.05, 0.1) is 5.02 Å². The average molecular weight is 241 g/mol. The van der Waals surface area contributed by atoms with E-state index in [0.717, 1.165) is 0 Å². The van der Waals surface area contributed by atoms with Crippen molar-refractivity contribution >= 4 is 17.6 Å². The highest BCUT2D eigenvalue weighted by Gasteiger charge is 2.18. The van der Waals surface area contributed by atoms with E-state index < -0.39 is 34.7 Å². The number of hydrogen-bond acceptors (Lipinski definition) is 2. The summed E-state index contributed by atoms with van der Waals surface area (Å²) in [5, 5.41) is 8.11. The molecule has 3 nitrogen and oxygen atoms in total. The van der Waals surface area contributed by atoms with Crippen molar-refractivity contribution < 1.29 is 27.8 Å². The monoisotopic (exact) mass is 240 g/mol. The minimum absolute atomic E-state index is 0.478. The molecule has 0 aromatic heterocycles. The zero-order valence-corrected chi connectivity index (χ0v) is 7.76. The minimum atomic E-state index is -3.23. The second-order valence-electron chi connectivity index (χ2n) is 2.45. The minimum Gasteiger partial charge on any atom is -0.478 e. The molecule has 0 heterocycles. The SMILES string of the molecule is O=C(O)c1cc(Cl)c(F)cc1OC(F)F. The Hall–Kier alpha value is -1.43. The van der Waals surface area contributed by atoms with Gasteiger partial charge in [-0.3, -0.25) is 0 Å². The van der Waals surface area contributed by atoms with E-state index in [2.05, 4.69) is 4.74 Å². The fourth-order valence-corrected chi connectivity index (χ4v) is 1.05. The van der Waals surface area contributed by atoms with Crippen LogP contribution in [0.4, 0.5) is 13.2 Å². The summed E-state index contributed by atoms with van der Waals surface area (Å²) in [6.45, 7) is -3.23. The summed E-state index contributed by atoms with van der Waals surface area (Å²) in [5.41, 5.74) is -0.623. The topological polar surface area (TPSA) is 46.5 Å². The third kappa shape index (κ3) is 2.76. The molecule has 0 aliphatic heterocycles. The molecule has 0 radical (unpaired) electrons. The number of ether oxygens (including phenoxy) is 1. The number of hydrogen-bond donors (Lipinski definition) is 1. The third-order valence-corrected chi connectivity index (χ3v) is 1.76. The van der Waals surface area contributed by atoms with Gasteiger partial charge in [0.15, 0.2) is 0 Å². The van der Waals surface area contributed by atoms with E-state index in [1.54, 1.807) is 0 Å². The van der Waals surface area contributed by atoms with Gasteiger partial charge in [0.2, 0.25) is 0 Å². The molecule has 0 saturated heterocycles. The van der Waals surface area contributed by atoms with Crippen LogP contribution in [0.5, 0.6) is 5.75 Å². The van der Waals surface area contributed by atoms with Gasteiger partial charge in [-0.2, -0.15) is 8.78 Å². The summed E-state index contributed by atoms with van der Waals surface area (Å²) in [5.74, 6) is -3.33. The van der Waals surface area contributed by atoms with Gasteiger partial charge in [-0.15, -0.1) is 0 Å². The van der Waals surface area contributed by atoms with E-state index in [1.165, 1.54) is 0 Å².